The normalized spacial score (nSPS) is 12.4. The van der Waals surface area contributed by atoms with Gasteiger partial charge >= 0.3 is 0 Å². The number of carbonyl (C=O) groups excluding carboxylic acids is 1. The fraction of sp³-hybridized carbons (Fsp3) is 0.200. The second-order valence-electron chi connectivity index (χ2n) is 5.86. The number of nitrogens with zero attached hydrogens (tertiary/aromatic N) is 1. The largest absolute Gasteiger partial charge is 0.298 e. The van der Waals surface area contributed by atoms with Crippen molar-refractivity contribution in [3.8, 4) is 11.3 Å². The average Bonchev–Trinajstić information content (AvgIpc) is 3.05. The molecule has 4 rings (SSSR count). The van der Waals surface area contributed by atoms with Gasteiger partial charge in [-0.05, 0) is 42.4 Å². The molecule has 0 saturated carbocycles. The zero-order valence-corrected chi connectivity index (χ0v) is 15.5. The second-order valence-corrected chi connectivity index (χ2v) is 8.28. The van der Waals surface area contributed by atoms with Crippen LogP contribution in [0.1, 0.15) is 27.7 Å². The number of benzene rings is 2. The van der Waals surface area contributed by atoms with Gasteiger partial charge in [-0.3, -0.25) is 10.1 Å². The van der Waals surface area contributed by atoms with Crippen LogP contribution in [0.3, 0.4) is 0 Å². The maximum absolute atomic E-state index is 12.6. The van der Waals surface area contributed by atoms with Gasteiger partial charge in [0.1, 0.15) is 0 Å². The average molecular weight is 367 g/mol. The summed E-state index contributed by atoms with van der Waals surface area (Å²) >= 11 is 3.32. The molecule has 0 unspecified atom stereocenters. The maximum Gasteiger partial charge on any atom is 0.257 e. The molecule has 0 saturated heterocycles. The summed E-state index contributed by atoms with van der Waals surface area (Å²) in [6.45, 7) is 2.11. The number of aromatic nitrogens is 1. The van der Waals surface area contributed by atoms with E-state index in [1.54, 1.807) is 23.1 Å². The summed E-state index contributed by atoms with van der Waals surface area (Å²) < 4.78 is 0. The summed E-state index contributed by atoms with van der Waals surface area (Å²) in [7, 11) is 0. The molecular weight excluding hydrogens is 348 g/mol. The summed E-state index contributed by atoms with van der Waals surface area (Å²) in [6.07, 6.45) is 2.03. The Morgan fingerprint density at radius 2 is 2.08 bits per heavy atom. The summed E-state index contributed by atoms with van der Waals surface area (Å²) in [6, 6.07) is 16.1. The fourth-order valence-electron chi connectivity index (χ4n) is 3.07. The number of thioether (sulfide) groups is 1. The molecule has 0 bridgehead atoms. The molecule has 2 aromatic carbocycles. The molecular formula is C20H18N2OS2. The van der Waals surface area contributed by atoms with Gasteiger partial charge in [0, 0.05) is 20.9 Å². The molecule has 3 nitrogen and oxygen atoms in total. The van der Waals surface area contributed by atoms with Crippen molar-refractivity contribution < 1.29 is 4.79 Å². The highest BCUT2D eigenvalue weighted by Crippen LogP contribution is 2.38. The van der Waals surface area contributed by atoms with E-state index in [9.17, 15) is 4.79 Å². The molecule has 1 aliphatic rings. The van der Waals surface area contributed by atoms with E-state index < -0.39 is 0 Å². The first-order valence-electron chi connectivity index (χ1n) is 8.37. The van der Waals surface area contributed by atoms with Crippen LogP contribution in [0.4, 0.5) is 5.13 Å². The Balaban J connectivity index is 1.58. The minimum absolute atomic E-state index is 0.0991. The third-order valence-corrected chi connectivity index (χ3v) is 6.13. The van der Waals surface area contributed by atoms with Crippen molar-refractivity contribution >= 4 is 34.1 Å². The summed E-state index contributed by atoms with van der Waals surface area (Å²) in [5, 5.41) is 3.66. The van der Waals surface area contributed by atoms with Crippen molar-refractivity contribution in [2.45, 2.75) is 24.7 Å². The Kier molecular flexibility index (Phi) is 4.59. The van der Waals surface area contributed by atoms with Crippen LogP contribution in [0.15, 0.2) is 53.4 Å². The van der Waals surface area contributed by atoms with E-state index >= 15 is 0 Å². The molecule has 0 radical (unpaired) electrons. The van der Waals surface area contributed by atoms with Gasteiger partial charge in [0.15, 0.2) is 5.13 Å². The lowest BCUT2D eigenvalue weighted by Crippen LogP contribution is -2.11. The van der Waals surface area contributed by atoms with Crippen LogP contribution < -0.4 is 5.32 Å². The third-order valence-electron chi connectivity index (χ3n) is 4.22. The standard InChI is InChI=1S/C20H18N2OS2/c1-2-24-15-8-5-7-14(12-15)19(23)22-20-21-18-16-9-4-3-6-13(16)10-11-17(18)25-20/h3-9,12H,2,10-11H2,1H3,(H,21,22,23). The van der Waals surface area contributed by atoms with Crippen LogP contribution in [-0.2, 0) is 12.8 Å². The Bertz CT molecular complexity index is 933. The van der Waals surface area contributed by atoms with Crippen LogP contribution in [0.25, 0.3) is 11.3 Å². The van der Waals surface area contributed by atoms with Gasteiger partial charge < -0.3 is 0 Å². The van der Waals surface area contributed by atoms with Crippen LogP contribution in [0.2, 0.25) is 0 Å². The number of carbonyl (C=O) groups is 1. The topological polar surface area (TPSA) is 42.0 Å². The summed E-state index contributed by atoms with van der Waals surface area (Å²) in [5.41, 5.74) is 4.23. The molecule has 3 aromatic rings. The number of amides is 1. The molecule has 0 fully saturated rings. The lowest BCUT2D eigenvalue weighted by Gasteiger charge is -2.13. The van der Waals surface area contributed by atoms with Gasteiger partial charge in [-0.15, -0.1) is 23.1 Å². The summed E-state index contributed by atoms with van der Waals surface area (Å²) in [5.74, 6) is 0.891. The van der Waals surface area contributed by atoms with Crippen molar-refractivity contribution in [2.24, 2.45) is 0 Å². The summed E-state index contributed by atoms with van der Waals surface area (Å²) in [4.78, 5) is 19.6. The molecule has 5 heteroatoms. The fourth-order valence-corrected chi connectivity index (χ4v) is 4.75. The molecule has 1 amide bonds. The SMILES string of the molecule is CCSc1cccc(C(=O)Nc2nc3c(s2)CCc2ccccc2-3)c1. The van der Waals surface area contributed by atoms with Crippen molar-refractivity contribution in [3.05, 3.63) is 64.5 Å². The molecule has 0 atom stereocenters. The zero-order chi connectivity index (χ0) is 17.2. The van der Waals surface area contributed by atoms with Crippen LogP contribution >= 0.6 is 23.1 Å². The highest BCUT2D eigenvalue weighted by molar-refractivity contribution is 7.99. The van der Waals surface area contributed by atoms with Crippen molar-refractivity contribution in [1.82, 2.24) is 4.98 Å². The zero-order valence-electron chi connectivity index (χ0n) is 13.9. The number of nitrogens with one attached hydrogen (secondary N) is 1. The molecule has 126 valence electrons. The number of hydrogen-bond donors (Lipinski definition) is 1. The monoisotopic (exact) mass is 366 g/mol. The van der Waals surface area contributed by atoms with E-state index in [1.165, 1.54) is 16.0 Å². The maximum atomic E-state index is 12.6. The number of anilines is 1. The van der Waals surface area contributed by atoms with E-state index in [0.717, 1.165) is 29.2 Å². The first kappa shape index (κ1) is 16.4. The van der Waals surface area contributed by atoms with Crippen LogP contribution in [-0.4, -0.2) is 16.6 Å². The van der Waals surface area contributed by atoms with E-state index in [-0.39, 0.29) is 5.91 Å². The quantitative estimate of drug-likeness (QED) is 0.639. The minimum Gasteiger partial charge on any atom is -0.298 e. The Morgan fingerprint density at radius 3 is 2.96 bits per heavy atom. The van der Waals surface area contributed by atoms with Gasteiger partial charge in [-0.25, -0.2) is 4.98 Å². The third kappa shape index (κ3) is 3.34. The number of hydrogen-bond acceptors (Lipinski definition) is 4. The predicted octanol–water partition coefficient (Wildman–Crippen LogP) is 5.27. The minimum atomic E-state index is -0.0991. The molecule has 1 heterocycles. The molecule has 1 N–H and O–H groups in total. The van der Waals surface area contributed by atoms with E-state index in [2.05, 4.69) is 30.4 Å². The van der Waals surface area contributed by atoms with Crippen molar-refractivity contribution in [3.63, 3.8) is 0 Å². The lowest BCUT2D eigenvalue weighted by atomic mass is 9.94. The Morgan fingerprint density at radius 1 is 1.20 bits per heavy atom. The second kappa shape index (κ2) is 7.02. The van der Waals surface area contributed by atoms with Gasteiger partial charge in [0.05, 0.1) is 5.69 Å². The van der Waals surface area contributed by atoms with E-state index in [0.29, 0.717) is 10.7 Å². The smallest absolute Gasteiger partial charge is 0.257 e. The number of thiazole rings is 1. The molecule has 25 heavy (non-hydrogen) atoms. The number of fused-ring (bicyclic) bond motifs is 3. The number of aryl methyl sites for hydroxylation is 2. The highest BCUT2D eigenvalue weighted by atomic mass is 32.2. The van der Waals surface area contributed by atoms with Crippen LogP contribution in [0, 0.1) is 0 Å². The molecule has 0 spiro atoms. The Hall–Kier alpha value is -2.11. The van der Waals surface area contributed by atoms with Crippen molar-refractivity contribution in [1.29, 1.82) is 0 Å². The number of rotatable bonds is 4. The lowest BCUT2D eigenvalue weighted by molar-refractivity contribution is 0.102. The van der Waals surface area contributed by atoms with Gasteiger partial charge in [0.2, 0.25) is 0 Å². The van der Waals surface area contributed by atoms with E-state index in [4.69, 9.17) is 4.98 Å². The van der Waals surface area contributed by atoms with Crippen molar-refractivity contribution in [2.75, 3.05) is 11.1 Å². The van der Waals surface area contributed by atoms with Gasteiger partial charge in [-0.2, -0.15) is 0 Å². The molecule has 0 aliphatic heterocycles. The predicted molar refractivity (Wildman–Crippen MR) is 106 cm³/mol. The van der Waals surface area contributed by atoms with E-state index in [1.807, 2.05) is 30.3 Å². The Labute approximate surface area is 155 Å². The van der Waals surface area contributed by atoms with Gasteiger partial charge in [0.25, 0.3) is 5.91 Å². The van der Waals surface area contributed by atoms with Crippen LogP contribution in [0.5, 0.6) is 0 Å². The highest BCUT2D eigenvalue weighted by Gasteiger charge is 2.21. The first-order chi connectivity index (χ1) is 12.2. The van der Waals surface area contributed by atoms with Gasteiger partial charge in [-0.1, -0.05) is 37.3 Å². The molecule has 1 aromatic heterocycles. The first-order valence-corrected chi connectivity index (χ1v) is 10.2. The molecule has 1 aliphatic carbocycles.